The third kappa shape index (κ3) is 3.55. The number of halogens is 2. The van der Waals surface area contributed by atoms with Crippen molar-refractivity contribution < 1.29 is 9.47 Å². The molecule has 20 heavy (non-hydrogen) atoms. The van der Waals surface area contributed by atoms with Crippen LogP contribution in [0.5, 0.6) is 11.6 Å². The molecule has 1 aromatic heterocycles. The van der Waals surface area contributed by atoms with E-state index in [-0.39, 0.29) is 0 Å². The minimum atomic E-state index is 0.594. The van der Waals surface area contributed by atoms with Gasteiger partial charge in [-0.3, -0.25) is 0 Å². The van der Waals surface area contributed by atoms with Crippen LogP contribution in [0.15, 0.2) is 34.9 Å². The molecule has 1 N–H and O–H groups in total. The Morgan fingerprint density at radius 3 is 2.65 bits per heavy atom. The van der Waals surface area contributed by atoms with E-state index in [1.54, 1.807) is 26.5 Å². The first-order chi connectivity index (χ1) is 9.63. The van der Waals surface area contributed by atoms with Crippen molar-refractivity contribution in [3.8, 4) is 11.6 Å². The number of hydrogen-bond donors (Lipinski definition) is 1. The zero-order valence-corrected chi connectivity index (χ0v) is 13.5. The predicted molar refractivity (Wildman–Crippen MR) is 83.8 cm³/mol. The van der Waals surface area contributed by atoms with E-state index in [2.05, 4.69) is 26.2 Å². The number of nitrogens with one attached hydrogen (secondary N) is 1. The largest absolute Gasteiger partial charge is 0.493 e. The summed E-state index contributed by atoms with van der Waals surface area (Å²) >= 11 is 9.47. The van der Waals surface area contributed by atoms with Crippen molar-refractivity contribution in [2.45, 2.75) is 6.54 Å². The number of benzene rings is 1. The molecule has 6 heteroatoms. The lowest BCUT2D eigenvalue weighted by Gasteiger charge is -2.13. The topological polar surface area (TPSA) is 43.4 Å². The number of rotatable bonds is 5. The molecule has 0 aliphatic heterocycles. The lowest BCUT2D eigenvalue weighted by atomic mass is 10.2. The molecule has 1 heterocycles. The molecule has 0 saturated heterocycles. The van der Waals surface area contributed by atoms with E-state index in [0.29, 0.717) is 17.4 Å². The van der Waals surface area contributed by atoms with Crippen LogP contribution in [0.1, 0.15) is 5.56 Å². The van der Waals surface area contributed by atoms with Gasteiger partial charge in [-0.1, -0.05) is 17.7 Å². The summed E-state index contributed by atoms with van der Waals surface area (Å²) in [4.78, 5) is 4.16. The van der Waals surface area contributed by atoms with Crippen LogP contribution in [0.25, 0.3) is 0 Å². The van der Waals surface area contributed by atoms with E-state index in [9.17, 15) is 0 Å². The van der Waals surface area contributed by atoms with Crippen LogP contribution in [0.4, 0.5) is 5.69 Å². The molecule has 0 spiro atoms. The molecule has 0 fully saturated rings. The first-order valence-corrected chi connectivity index (χ1v) is 7.07. The van der Waals surface area contributed by atoms with Gasteiger partial charge in [0.05, 0.1) is 24.4 Å². The fourth-order valence-electron chi connectivity index (χ4n) is 1.73. The molecule has 2 rings (SSSR count). The van der Waals surface area contributed by atoms with Gasteiger partial charge < -0.3 is 14.8 Å². The van der Waals surface area contributed by atoms with Crippen LogP contribution in [-0.4, -0.2) is 19.2 Å². The molecule has 106 valence electrons. The van der Waals surface area contributed by atoms with Gasteiger partial charge in [-0.25, -0.2) is 4.98 Å². The zero-order valence-electron chi connectivity index (χ0n) is 11.1. The van der Waals surface area contributed by atoms with Gasteiger partial charge in [-0.15, -0.1) is 0 Å². The standard InChI is InChI=1S/C14H14BrClN2O2/c1-19-13-4-3-9(8-18-13)7-17-12-6-10(16)5-11(15)14(12)20-2/h3-6,8,17H,7H2,1-2H3. The summed E-state index contributed by atoms with van der Waals surface area (Å²) in [6, 6.07) is 7.38. The second-order valence-corrected chi connectivity index (χ2v) is 5.32. The Labute approximate surface area is 131 Å². The number of aromatic nitrogens is 1. The molecule has 0 unspecified atom stereocenters. The highest BCUT2D eigenvalue weighted by atomic mass is 79.9. The van der Waals surface area contributed by atoms with E-state index < -0.39 is 0 Å². The van der Waals surface area contributed by atoms with Crippen molar-refractivity contribution in [3.63, 3.8) is 0 Å². The van der Waals surface area contributed by atoms with Crippen LogP contribution in [0.3, 0.4) is 0 Å². The summed E-state index contributed by atoms with van der Waals surface area (Å²) in [7, 11) is 3.21. The SMILES string of the molecule is COc1ccc(CNc2cc(Cl)cc(Br)c2OC)cn1. The zero-order chi connectivity index (χ0) is 14.5. The van der Waals surface area contributed by atoms with Gasteiger partial charge in [0.1, 0.15) is 0 Å². The summed E-state index contributed by atoms with van der Waals surface area (Å²) in [6.45, 7) is 0.611. The summed E-state index contributed by atoms with van der Waals surface area (Å²) in [5, 5.41) is 3.91. The number of ether oxygens (including phenoxy) is 2. The Bertz CT molecular complexity index is 590. The maximum atomic E-state index is 6.05. The molecule has 2 aromatic rings. The summed E-state index contributed by atoms with van der Waals surface area (Å²) in [5.74, 6) is 1.31. The normalized spacial score (nSPS) is 10.2. The van der Waals surface area contributed by atoms with Gasteiger partial charge in [0.15, 0.2) is 5.75 Å². The number of anilines is 1. The van der Waals surface area contributed by atoms with Gasteiger partial charge in [0.2, 0.25) is 5.88 Å². The minimum Gasteiger partial charge on any atom is -0.493 e. The van der Waals surface area contributed by atoms with Crippen LogP contribution in [-0.2, 0) is 6.54 Å². The Hall–Kier alpha value is -1.46. The summed E-state index contributed by atoms with van der Waals surface area (Å²) in [6.07, 6.45) is 1.76. The van der Waals surface area contributed by atoms with E-state index in [0.717, 1.165) is 21.5 Å². The molecule has 0 aliphatic carbocycles. The Morgan fingerprint density at radius 2 is 2.05 bits per heavy atom. The third-order valence-corrected chi connectivity index (χ3v) is 3.51. The summed E-state index contributed by atoms with van der Waals surface area (Å²) in [5.41, 5.74) is 1.85. The van der Waals surface area contributed by atoms with Crippen molar-refractivity contribution in [2.75, 3.05) is 19.5 Å². The molecule has 0 aliphatic rings. The lowest BCUT2D eigenvalue weighted by molar-refractivity contribution is 0.397. The average Bonchev–Trinajstić information content (AvgIpc) is 2.45. The molecule has 0 amide bonds. The van der Waals surface area contributed by atoms with Crippen LogP contribution in [0.2, 0.25) is 5.02 Å². The first-order valence-electron chi connectivity index (χ1n) is 5.90. The lowest BCUT2D eigenvalue weighted by Crippen LogP contribution is -2.02. The van der Waals surface area contributed by atoms with Crippen molar-refractivity contribution in [1.29, 1.82) is 0 Å². The molecular formula is C14H14BrClN2O2. The highest BCUT2D eigenvalue weighted by molar-refractivity contribution is 9.10. The second-order valence-electron chi connectivity index (χ2n) is 4.03. The fourth-order valence-corrected chi connectivity index (χ4v) is 2.70. The van der Waals surface area contributed by atoms with Gasteiger partial charge in [-0.05, 0) is 33.6 Å². The molecule has 0 bridgehead atoms. The average molecular weight is 358 g/mol. The number of methoxy groups -OCH3 is 2. The van der Waals surface area contributed by atoms with E-state index in [1.165, 1.54) is 0 Å². The van der Waals surface area contributed by atoms with Crippen molar-refractivity contribution in [3.05, 3.63) is 45.5 Å². The molecule has 1 aromatic carbocycles. The second kappa shape index (κ2) is 6.81. The quantitative estimate of drug-likeness (QED) is 0.874. The Morgan fingerprint density at radius 1 is 1.25 bits per heavy atom. The van der Waals surface area contributed by atoms with Crippen LogP contribution >= 0.6 is 27.5 Å². The highest BCUT2D eigenvalue weighted by Gasteiger charge is 2.09. The van der Waals surface area contributed by atoms with E-state index in [1.807, 2.05) is 18.2 Å². The maximum absolute atomic E-state index is 6.05. The number of hydrogen-bond acceptors (Lipinski definition) is 4. The van der Waals surface area contributed by atoms with E-state index >= 15 is 0 Å². The maximum Gasteiger partial charge on any atom is 0.212 e. The van der Waals surface area contributed by atoms with Crippen molar-refractivity contribution in [2.24, 2.45) is 0 Å². The Balaban J connectivity index is 2.13. The third-order valence-electron chi connectivity index (χ3n) is 2.70. The molecule has 0 atom stereocenters. The molecule has 0 saturated carbocycles. The van der Waals surface area contributed by atoms with Crippen molar-refractivity contribution >= 4 is 33.2 Å². The predicted octanol–water partition coefficient (Wildman–Crippen LogP) is 4.13. The van der Waals surface area contributed by atoms with Gasteiger partial charge >= 0.3 is 0 Å². The fraction of sp³-hybridized carbons (Fsp3) is 0.214. The first kappa shape index (κ1) is 14.9. The van der Waals surface area contributed by atoms with Crippen molar-refractivity contribution in [1.82, 2.24) is 4.98 Å². The van der Waals surface area contributed by atoms with Gasteiger partial charge in [0, 0.05) is 23.8 Å². The molecule has 0 radical (unpaired) electrons. The highest BCUT2D eigenvalue weighted by Crippen LogP contribution is 2.36. The summed E-state index contributed by atoms with van der Waals surface area (Å²) < 4.78 is 11.2. The van der Waals surface area contributed by atoms with E-state index in [4.69, 9.17) is 21.1 Å². The monoisotopic (exact) mass is 356 g/mol. The Kier molecular flexibility index (Phi) is 5.09. The van der Waals surface area contributed by atoms with Crippen LogP contribution in [0, 0.1) is 0 Å². The van der Waals surface area contributed by atoms with Crippen LogP contribution < -0.4 is 14.8 Å². The minimum absolute atomic E-state index is 0.594. The number of pyridine rings is 1. The van der Waals surface area contributed by atoms with Gasteiger partial charge in [0.25, 0.3) is 0 Å². The smallest absolute Gasteiger partial charge is 0.212 e. The molecule has 4 nitrogen and oxygen atoms in total. The van der Waals surface area contributed by atoms with Gasteiger partial charge in [-0.2, -0.15) is 0 Å². The number of nitrogens with zero attached hydrogens (tertiary/aromatic N) is 1. The molecular weight excluding hydrogens is 344 g/mol.